The van der Waals surface area contributed by atoms with Crippen LogP contribution in [0.4, 0.5) is 0 Å². The first-order valence-electron chi connectivity index (χ1n) is 12.8. The highest BCUT2D eigenvalue weighted by atomic mass is 16.5. The summed E-state index contributed by atoms with van der Waals surface area (Å²) in [6.07, 6.45) is 1.36. The Labute approximate surface area is 210 Å². The molecule has 2 fully saturated rings. The number of morpholine rings is 1. The molecular weight excluding hydrogens is 456 g/mol. The SMILES string of the molecule is COc1ccccc1[C@H]1c2[nH]c3ccccc3c2C[C@H]2C(=O)N(CCCN3CCOCC3)CC(=O)N12. The Morgan fingerprint density at radius 1 is 1.03 bits per heavy atom. The van der Waals surface area contributed by atoms with Gasteiger partial charge >= 0.3 is 0 Å². The Bertz CT molecular complexity index is 1280. The maximum absolute atomic E-state index is 13.8. The normalized spacial score (nSPS) is 22.6. The summed E-state index contributed by atoms with van der Waals surface area (Å²) >= 11 is 0. The average molecular weight is 489 g/mol. The summed E-state index contributed by atoms with van der Waals surface area (Å²) in [4.78, 5) is 37.1. The molecule has 0 unspecified atom stereocenters. The zero-order chi connectivity index (χ0) is 24.6. The summed E-state index contributed by atoms with van der Waals surface area (Å²) < 4.78 is 11.1. The molecule has 0 saturated carbocycles. The van der Waals surface area contributed by atoms with Gasteiger partial charge in [-0.1, -0.05) is 36.4 Å². The van der Waals surface area contributed by atoms with E-state index in [2.05, 4.69) is 16.0 Å². The molecule has 2 saturated heterocycles. The second kappa shape index (κ2) is 9.59. The van der Waals surface area contributed by atoms with Gasteiger partial charge in [-0.15, -0.1) is 0 Å². The van der Waals surface area contributed by atoms with Crippen molar-refractivity contribution < 1.29 is 19.1 Å². The van der Waals surface area contributed by atoms with Gasteiger partial charge in [-0.05, 0) is 24.1 Å². The van der Waals surface area contributed by atoms with Crippen LogP contribution in [0.5, 0.6) is 5.75 Å². The molecule has 1 aromatic heterocycles. The van der Waals surface area contributed by atoms with Crippen molar-refractivity contribution in [3.63, 3.8) is 0 Å². The molecule has 0 spiro atoms. The summed E-state index contributed by atoms with van der Waals surface area (Å²) in [5.74, 6) is 0.722. The van der Waals surface area contributed by atoms with Gasteiger partial charge in [0.05, 0.1) is 26.9 Å². The fraction of sp³-hybridized carbons (Fsp3) is 0.429. The molecule has 4 heterocycles. The molecule has 188 valence electrons. The third kappa shape index (κ3) is 3.94. The van der Waals surface area contributed by atoms with Crippen LogP contribution in [-0.2, 0) is 20.7 Å². The van der Waals surface area contributed by atoms with E-state index >= 15 is 0 Å². The van der Waals surface area contributed by atoms with Gasteiger partial charge in [0.1, 0.15) is 17.8 Å². The number of hydrogen-bond acceptors (Lipinski definition) is 5. The van der Waals surface area contributed by atoms with Crippen LogP contribution in [0.25, 0.3) is 10.9 Å². The lowest BCUT2D eigenvalue weighted by Crippen LogP contribution is -2.63. The van der Waals surface area contributed by atoms with Crippen LogP contribution in [0.2, 0.25) is 0 Å². The van der Waals surface area contributed by atoms with Crippen molar-refractivity contribution in [2.24, 2.45) is 0 Å². The van der Waals surface area contributed by atoms with Crippen LogP contribution in [-0.4, -0.2) is 90.6 Å². The molecule has 8 nitrogen and oxygen atoms in total. The number of para-hydroxylation sites is 2. The number of nitrogens with one attached hydrogen (secondary N) is 1. The Morgan fingerprint density at radius 3 is 2.64 bits per heavy atom. The third-order valence-electron chi connectivity index (χ3n) is 7.78. The van der Waals surface area contributed by atoms with Crippen LogP contribution < -0.4 is 4.74 Å². The van der Waals surface area contributed by atoms with Gasteiger partial charge in [-0.2, -0.15) is 0 Å². The van der Waals surface area contributed by atoms with E-state index in [9.17, 15) is 9.59 Å². The number of methoxy groups -OCH3 is 1. The summed E-state index contributed by atoms with van der Waals surface area (Å²) in [6, 6.07) is 15.0. The Balaban J connectivity index is 1.34. The molecule has 0 aliphatic carbocycles. The number of carbonyl (C=O) groups is 2. The first kappa shape index (κ1) is 23.1. The Morgan fingerprint density at radius 2 is 1.81 bits per heavy atom. The number of hydrogen-bond donors (Lipinski definition) is 1. The third-order valence-corrected chi connectivity index (χ3v) is 7.78. The van der Waals surface area contributed by atoms with E-state index in [0.717, 1.165) is 67.0 Å². The van der Waals surface area contributed by atoms with E-state index < -0.39 is 12.1 Å². The predicted octanol–water partition coefficient (Wildman–Crippen LogP) is 2.58. The molecule has 36 heavy (non-hydrogen) atoms. The van der Waals surface area contributed by atoms with Crippen molar-refractivity contribution in [3.05, 3.63) is 65.4 Å². The molecule has 6 rings (SSSR count). The smallest absolute Gasteiger partial charge is 0.246 e. The minimum Gasteiger partial charge on any atom is -0.496 e. The zero-order valence-corrected chi connectivity index (χ0v) is 20.6. The molecule has 1 N–H and O–H groups in total. The number of piperazine rings is 1. The van der Waals surface area contributed by atoms with E-state index in [0.29, 0.717) is 18.7 Å². The Kier molecular flexibility index (Phi) is 6.15. The average Bonchev–Trinajstić information content (AvgIpc) is 3.29. The number of fused-ring (bicyclic) bond motifs is 4. The number of aromatic amines is 1. The quantitative estimate of drug-likeness (QED) is 0.577. The highest BCUT2D eigenvalue weighted by Gasteiger charge is 2.48. The maximum Gasteiger partial charge on any atom is 0.246 e. The molecule has 2 aromatic carbocycles. The number of ether oxygens (including phenoxy) is 2. The molecule has 3 aromatic rings. The topological polar surface area (TPSA) is 78.1 Å². The van der Waals surface area contributed by atoms with Crippen LogP contribution >= 0.6 is 0 Å². The van der Waals surface area contributed by atoms with Gasteiger partial charge in [0, 0.05) is 54.8 Å². The van der Waals surface area contributed by atoms with E-state index in [1.807, 2.05) is 42.5 Å². The number of rotatable bonds is 6. The van der Waals surface area contributed by atoms with Crippen molar-refractivity contribution in [2.75, 3.05) is 53.0 Å². The highest BCUT2D eigenvalue weighted by molar-refractivity contribution is 5.97. The predicted molar refractivity (Wildman–Crippen MR) is 136 cm³/mol. The largest absolute Gasteiger partial charge is 0.496 e. The van der Waals surface area contributed by atoms with Crippen molar-refractivity contribution in [3.8, 4) is 5.75 Å². The van der Waals surface area contributed by atoms with E-state index in [-0.39, 0.29) is 18.4 Å². The van der Waals surface area contributed by atoms with Crippen LogP contribution in [0, 0.1) is 0 Å². The standard InChI is InChI=1S/C28H32N4O4/c1-35-24-10-5-3-8-20(24)27-26-21(19-7-2-4-9-22(19)29-26)17-23-28(34)31(18-25(33)32(23)27)12-6-11-30-13-15-36-16-14-30/h2-5,7-10,23,27,29H,6,11-18H2,1H3/t23-,27-/m0/s1. The summed E-state index contributed by atoms with van der Waals surface area (Å²) in [6.45, 7) is 4.98. The first-order valence-corrected chi connectivity index (χ1v) is 12.8. The number of H-pyrrole nitrogens is 1. The van der Waals surface area contributed by atoms with Gasteiger partial charge < -0.3 is 24.3 Å². The van der Waals surface area contributed by atoms with Crippen LogP contribution in [0.15, 0.2) is 48.5 Å². The van der Waals surface area contributed by atoms with Crippen molar-refractivity contribution in [1.82, 2.24) is 19.7 Å². The highest BCUT2D eigenvalue weighted by Crippen LogP contribution is 2.44. The molecule has 0 radical (unpaired) electrons. The minimum atomic E-state index is -0.531. The van der Waals surface area contributed by atoms with Gasteiger partial charge in [-0.3, -0.25) is 14.5 Å². The van der Waals surface area contributed by atoms with Crippen LogP contribution in [0.1, 0.15) is 29.3 Å². The minimum absolute atomic E-state index is 0.0221. The number of carbonyl (C=O) groups excluding carboxylic acids is 2. The van der Waals surface area contributed by atoms with Crippen LogP contribution in [0.3, 0.4) is 0 Å². The fourth-order valence-electron chi connectivity index (χ4n) is 6.04. The summed E-state index contributed by atoms with van der Waals surface area (Å²) in [7, 11) is 1.64. The van der Waals surface area contributed by atoms with Gasteiger partial charge in [0.25, 0.3) is 0 Å². The van der Waals surface area contributed by atoms with E-state index in [1.165, 1.54) is 0 Å². The fourth-order valence-corrected chi connectivity index (χ4v) is 6.04. The van der Waals surface area contributed by atoms with Crippen molar-refractivity contribution >= 4 is 22.7 Å². The van der Waals surface area contributed by atoms with E-state index in [1.54, 1.807) is 16.9 Å². The first-order chi connectivity index (χ1) is 17.7. The molecule has 8 heteroatoms. The number of amides is 2. The number of benzene rings is 2. The number of nitrogens with zero attached hydrogens (tertiary/aromatic N) is 3. The van der Waals surface area contributed by atoms with Gasteiger partial charge in [-0.25, -0.2) is 0 Å². The Hall–Kier alpha value is -3.36. The summed E-state index contributed by atoms with van der Waals surface area (Å²) in [5, 5.41) is 1.11. The maximum atomic E-state index is 13.8. The van der Waals surface area contributed by atoms with Gasteiger partial charge in [0.15, 0.2) is 0 Å². The number of aromatic nitrogens is 1. The summed E-state index contributed by atoms with van der Waals surface area (Å²) in [5.41, 5.74) is 3.99. The van der Waals surface area contributed by atoms with Crippen molar-refractivity contribution in [1.29, 1.82) is 0 Å². The lowest BCUT2D eigenvalue weighted by atomic mass is 9.86. The molecule has 0 bridgehead atoms. The molecular formula is C28H32N4O4. The van der Waals surface area contributed by atoms with Gasteiger partial charge in [0.2, 0.25) is 11.8 Å². The zero-order valence-electron chi connectivity index (χ0n) is 20.6. The second-order valence-electron chi connectivity index (χ2n) is 9.80. The second-order valence-corrected chi connectivity index (χ2v) is 9.80. The lowest BCUT2D eigenvalue weighted by Gasteiger charge is -2.47. The molecule has 3 aliphatic rings. The molecule has 2 amide bonds. The monoisotopic (exact) mass is 488 g/mol. The van der Waals surface area contributed by atoms with E-state index in [4.69, 9.17) is 9.47 Å². The van der Waals surface area contributed by atoms with Crippen molar-refractivity contribution in [2.45, 2.75) is 24.9 Å². The lowest BCUT2D eigenvalue weighted by molar-refractivity contribution is -0.158. The molecule has 2 atom stereocenters. The molecule has 3 aliphatic heterocycles.